The standard InChI is InChI=1S/C22H27N3O2/c26-21(25-15-5-2-6-16-25)19-12-7-13-20(17-19)24-22(27)23-14-8-11-18-9-3-1-4-10-18/h1,3-4,7,9-10,12-13,17H,2,5-6,8,11,14-16H2,(H2,23,24,27). The molecule has 1 saturated heterocycles. The Morgan fingerprint density at radius 2 is 1.70 bits per heavy atom. The van der Waals surface area contributed by atoms with Crippen LogP contribution in [0.1, 0.15) is 41.6 Å². The molecule has 1 aliphatic heterocycles. The molecule has 0 unspecified atom stereocenters. The summed E-state index contributed by atoms with van der Waals surface area (Å²) in [6.07, 6.45) is 5.13. The fourth-order valence-electron chi connectivity index (χ4n) is 3.32. The molecule has 0 aromatic heterocycles. The molecule has 0 spiro atoms. The third-order valence-corrected chi connectivity index (χ3v) is 4.78. The van der Waals surface area contributed by atoms with Crippen molar-refractivity contribution in [1.82, 2.24) is 10.2 Å². The Morgan fingerprint density at radius 3 is 2.48 bits per heavy atom. The molecule has 5 heteroatoms. The fraction of sp³-hybridized carbons (Fsp3) is 0.364. The second-order valence-electron chi connectivity index (χ2n) is 6.90. The number of likely N-dealkylation sites (tertiary alicyclic amines) is 1. The van der Waals surface area contributed by atoms with Crippen molar-refractivity contribution in [3.63, 3.8) is 0 Å². The third kappa shape index (κ3) is 5.84. The second kappa shape index (κ2) is 9.76. The van der Waals surface area contributed by atoms with Crippen LogP contribution < -0.4 is 10.6 Å². The molecule has 1 heterocycles. The summed E-state index contributed by atoms with van der Waals surface area (Å²) >= 11 is 0. The van der Waals surface area contributed by atoms with Gasteiger partial charge in [0.05, 0.1) is 0 Å². The highest BCUT2D eigenvalue weighted by molar-refractivity contribution is 5.97. The van der Waals surface area contributed by atoms with E-state index in [2.05, 4.69) is 22.8 Å². The molecule has 0 saturated carbocycles. The monoisotopic (exact) mass is 365 g/mol. The molecule has 0 atom stereocenters. The van der Waals surface area contributed by atoms with Crippen LogP contribution in [0.4, 0.5) is 10.5 Å². The molecule has 2 aromatic rings. The van der Waals surface area contributed by atoms with Crippen molar-refractivity contribution in [1.29, 1.82) is 0 Å². The fourth-order valence-corrected chi connectivity index (χ4v) is 3.32. The van der Waals surface area contributed by atoms with E-state index in [1.807, 2.05) is 29.2 Å². The van der Waals surface area contributed by atoms with E-state index in [9.17, 15) is 9.59 Å². The van der Waals surface area contributed by atoms with Crippen molar-refractivity contribution in [2.24, 2.45) is 0 Å². The topological polar surface area (TPSA) is 61.4 Å². The second-order valence-corrected chi connectivity index (χ2v) is 6.90. The number of amides is 3. The Hall–Kier alpha value is -2.82. The highest BCUT2D eigenvalue weighted by atomic mass is 16.2. The summed E-state index contributed by atoms with van der Waals surface area (Å²) in [7, 11) is 0. The minimum absolute atomic E-state index is 0.0432. The highest BCUT2D eigenvalue weighted by Crippen LogP contribution is 2.16. The number of nitrogens with zero attached hydrogens (tertiary/aromatic N) is 1. The Labute approximate surface area is 160 Å². The molecule has 1 aliphatic rings. The van der Waals surface area contributed by atoms with Gasteiger partial charge < -0.3 is 15.5 Å². The van der Waals surface area contributed by atoms with Gasteiger partial charge in [-0.2, -0.15) is 0 Å². The molecule has 3 amide bonds. The third-order valence-electron chi connectivity index (χ3n) is 4.78. The predicted octanol–water partition coefficient (Wildman–Crippen LogP) is 4.07. The Bertz CT molecular complexity index is 755. The van der Waals surface area contributed by atoms with Gasteiger partial charge in [-0.15, -0.1) is 0 Å². The summed E-state index contributed by atoms with van der Waals surface area (Å²) in [5.41, 5.74) is 2.53. The lowest BCUT2D eigenvalue weighted by Crippen LogP contribution is -2.35. The zero-order chi connectivity index (χ0) is 18.9. The van der Waals surface area contributed by atoms with Gasteiger partial charge in [0.2, 0.25) is 0 Å². The largest absolute Gasteiger partial charge is 0.339 e. The van der Waals surface area contributed by atoms with E-state index < -0.39 is 0 Å². The van der Waals surface area contributed by atoms with Crippen molar-refractivity contribution in [2.45, 2.75) is 32.1 Å². The maximum Gasteiger partial charge on any atom is 0.319 e. The van der Waals surface area contributed by atoms with Crippen LogP contribution in [0.2, 0.25) is 0 Å². The molecule has 0 radical (unpaired) electrons. The van der Waals surface area contributed by atoms with Gasteiger partial charge >= 0.3 is 6.03 Å². The number of benzene rings is 2. The first-order valence-corrected chi connectivity index (χ1v) is 9.70. The van der Waals surface area contributed by atoms with Crippen molar-refractivity contribution in [3.8, 4) is 0 Å². The zero-order valence-corrected chi connectivity index (χ0v) is 15.6. The number of carbonyl (C=O) groups excluding carboxylic acids is 2. The lowest BCUT2D eigenvalue weighted by molar-refractivity contribution is 0.0724. The summed E-state index contributed by atoms with van der Waals surface area (Å²) in [6.45, 7) is 2.24. The van der Waals surface area contributed by atoms with Crippen LogP contribution >= 0.6 is 0 Å². The van der Waals surface area contributed by atoms with E-state index in [1.165, 1.54) is 12.0 Å². The van der Waals surface area contributed by atoms with Gasteiger partial charge in [-0.25, -0.2) is 4.79 Å². The Balaban J connectivity index is 1.45. The lowest BCUT2D eigenvalue weighted by Gasteiger charge is -2.26. The maximum atomic E-state index is 12.6. The molecule has 142 valence electrons. The number of anilines is 1. The van der Waals surface area contributed by atoms with Gasteiger partial charge in [0.1, 0.15) is 0 Å². The van der Waals surface area contributed by atoms with Crippen LogP contribution in [0, 0.1) is 0 Å². The van der Waals surface area contributed by atoms with E-state index >= 15 is 0 Å². The van der Waals surface area contributed by atoms with Crippen LogP contribution in [0.5, 0.6) is 0 Å². The van der Waals surface area contributed by atoms with E-state index in [0.717, 1.165) is 38.8 Å². The number of carbonyl (C=O) groups is 2. The summed E-state index contributed by atoms with van der Waals surface area (Å²) < 4.78 is 0. The van der Waals surface area contributed by atoms with Crippen molar-refractivity contribution >= 4 is 17.6 Å². The Kier molecular flexibility index (Phi) is 6.85. The van der Waals surface area contributed by atoms with E-state index in [-0.39, 0.29) is 11.9 Å². The summed E-state index contributed by atoms with van der Waals surface area (Å²) in [5.74, 6) is 0.0432. The summed E-state index contributed by atoms with van der Waals surface area (Å²) in [4.78, 5) is 26.6. The maximum absolute atomic E-state index is 12.6. The average molecular weight is 365 g/mol. The van der Waals surface area contributed by atoms with Gasteiger partial charge in [-0.3, -0.25) is 4.79 Å². The van der Waals surface area contributed by atoms with Crippen molar-refractivity contribution in [2.75, 3.05) is 25.0 Å². The molecule has 27 heavy (non-hydrogen) atoms. The number of rotatable bonds is 6. The molecule has 5 nitrogen and oxygen atoms in total. The summed E-state index contributed by atoms with van der Waals surface area (Å²) in [6, 6.07) is 17.1. The molecular weight excluding hydrogens is 338 g/mol. The summed E-state index contributed by atoms with van der Waals surface area (Å²) in [5, 5.41) is 5.69. The number of hydrogen-bond acceptors (Lipinski definition) is 2. The molecule has 0 bridgehead atoms. The molecule has 2 aromatic carbocycles. The molecule has 2 N–H and O–H groups in total. The first-order chi connectivity index (χ1) is 13.2. The quantitative estimate of drug-likeness (QED) is 0.758. The highest BCUT2D eigenvalue weighted by Gasteiger charge is 2.18. The molecular formula is C22H27N3O2. The SMILES string of the molecule is O=C(NCCCc1ccccc1)Nc1cccc(C(=O)N2CCCCC2)c1. The molecule has 1 fully saturated rings. The van der Waals surface area contributed by atoms with Gasteiger partial charge in [0.15, 0.2) is 0 Å². The minimum Gasteiger partial charge on any atom is -0.339 e. The smallest absolute Gasteiger partial charge is 0.319 e. The molecule has 3 rings (SSSR count). The Morgan fingerprint density at radius 1 is 0.926 bits per heavy atom. The normalized spacial score (nSPS) is 13.9. The van der Waals surface area contributed by atoms with Crippen molar-refractivity contribution < 1.29 is 9.59 Å². The van der Waals surface area contributed by atoms with Crippen LogP contribution in [0.15, 0.2) is 54.6 Å². The number of urea groups is 1. The van der Waals surface area contributed by atoms with Crippen LogP contribution in [0.25, 0.3) is 0 Å². The average Bonchev–Trinajstić information content (AvgIpc) is 2.72. The van der Waals surface area contributed by atoms with Crippen LogP contribution in [0.3, 0.4) is 0 Å². The number of aryl methyl sites for hydroxylation is 1. The number of hydrogen-bond donors (Lipinski definition) is 2. The van der Waals surface area contributed by atoms with Crippen molar-refractivity contribution in [3.05, 3.63) is 65.7 Å². The lowest BCUT2D eigenvalue weighted by atomic mass is 10.1. The van der Waals surface area contributed by atoms with E-state index in [1.54, 1.807) is 18.2 Å². The zero-order valence-electron chi connectivity index (χ0n) is 15.6. The van der Waals surface area contributed by atoms with Crippen LogP contribution in [-0.2, 0) is 6.42 Å². The van der Waals surface area contributed by atoms with Crippen LogP contribution in [-0.4, -0.2) is 36.5 Å². The van der Waals surface area contributed by atoms with Gasteiger partial charge in [-0.05, 0) is 55.9 Å². The van der Waals surface area contributed by atoms with E-state index in [0.29, 0.717) is 17.8 Å². The number of nitrogens with one attached hydrogen (secondary N) is 2. The first-order valence-electron chi connectivity index (χ1n) is 9.70. The van der Waals surface area contributed by atoms with E-state index in [4.69, 9.17) is 0 Å². The van der Waals surface area contributed by atoms with Gasteiger partial charge in [0, 0.05) is 30.9 Å². The molecule has 0 aliphatic carbocycles. The predicted molar refractivity (Wildman–Crippen MR) is 108 cm³/mol. The van der Waals surface area contributed by atoms with Gasteiger partial charge in [-0.1, -0.05) is 36.4 Å². The van der Waals surface area contributed by atoms with Gasteiger partial charge in [0.25, 0.3) is 5.91 Å². The first kappa shape index (κ1) is 19.0. The minimum atomic E-state index is -0.245. The number of piperidine rings is 1.